The molecule has 1 atom stereocenters. The average Bonchev–Trinajstić information content (AvgIpc) is 2.52. The Bertz CT molecular complexity index is 379. The molecular formula is C14H18O. The molecule has 0 radical (unpaired) electrons. The standard InChI is InChI=1S/C14H18O/c1-3-4-5-11-9-12-8-10(2)6-7-13(12)14(11)15/h6-8,11H,3-5,9H2,1-2H3. The number of hydrogen-bond donors (Lipinski definition) is 0. The topological polar surface area (TPSA) is 17.1 Å². The maximum Gasteiger partial charge on any atom is 0.166 e. The number of ketones is 1. The number of fused-ring (bicyclic) bond motifs is 1. The van der Waals surface area contributed by atoms with Crippen molar-refractivity contribution in [2.45, 2.75) is 39.5 Å². The van der Waals surface area contributed by atoms with Gasteiger partial charge in [0.25, 0.3) is 0 Å². The van der Waals surface area contributed by atoms with Gasteiger partial charge in [-0.2, -0.15) is 0 Å². The van der Waals surface area contributed by atoms with Crippen molar-refractivity contribution < 1.29 is 4.79 Å². The van der Waals surface area contributed by atoms with Gasteiger partial charge in [-0.15, -0.1) is 0 Å². The fourth-order valence-electron chi connectivity index (χ4n) is 2.39. The van der Waals surface area contributed by atoms with E-state index >= 15 is 0 Å². The molecule has 1 nitrogen and oxygen atoms in total. The summed E-state index contributed by atoms with van der Waals surface area (Å²) < 4.78 is 0. The van der Waals surface area contributed by atoms with E-state index in [1.54, 1.807) is 0 Å². The smallest absolute Gasteiger partial charge is 0.166 e. The Balaban J connectivity index is 2.18. The number of aryl methyl sites for hydroxylation is 1. The lowest BCUT2D eigenvalue weighted by Gasteiger charge is -2.05. The van der Waals surface area contributed by atoms with Crippen LogP contribution in [0.5, 0.6) is 0 Å². The average molecular weight is 202 g/mol. The summed E-state index contributed by atoms with van der Waals surface area (Å²) in [6, 6.07) is 6.21. The molecule has 1 aromatic rings. The van der Waals surface area contributed by atoms with Crippen molar-refractivity contribution in [3.63, 3.8) is 0 Å². The van der Waals surface area contributed by atoms with Gasteiger partial charge in [0.05, 0.1) is 0 Å². The van der Waals surface area contributed by atoms with E-state index < -0.39 is 0 Å². The molecule has 1 unspecified atom stereocenters. The second-order valence-corrected chi connectivity index (χ2v) is 4.57. The van der Waals surface area contributed by atoms with Gasteiger partial charge in [-0.3, -0.25) is 4.79 Å². The molecule has 1 aromatic carbocycles. The van der Waals surface area contributed by atoms with Crippen LogP contribution in [0.25, 0.3) is 0 Å². The van der Waals surface area contributed by atoms with Gasteiger partial charge in [0.1, 0.15) is 0 Å². The van der Waals surface area contributed by atoms with E-state index in [1.807, 2.05) is 12.1 Å². The second-order valence-electron chi connectivity index (χ2n) is 4.57. The van der Waals surface area contributed by atoms with Crippen molar-refractivity contribution >= 4 is 5.78 Å². The summed E-state index contributed by atoms with van der Waals surface area (Å²) in [7, 11) is 0. The molecule has 0 saturated carbocycles. The quantitative estimate of drug-likeness (QED) is 0.732. The van der Waals surface area contributed by atoms with Crippen molar-refractivity contribution in [2.24, 2.45) is 5.92 Å². The van der Waals surface area contributed by atoms with Crippen LogP contribution in [0.1, 0.15) is 47.7 Å². The molecule has 1 aliphatic rings. The first-order valence-corrected chi connectivity index (χ1v) is 5.86. The van der Waals surface area contributed by atoms with Crippen molar-refractivity contribution in [2.75, 3.05) is 0 Å². The van der Waals surface area contributed by atoms with E-state index in [2.05, 4.69) is 19.9 Å². The molecule has 0 spiro atoms. The van der Waals surface area contributed by atoms with Crippen LogP contribution < -0.4 is 0 Å². The van der Waals surface area contributed by atoms with Gasteiger partial charge in [0.15, 0.2) is 5.78 Å². The molecule has 0 amide bonds. The summed E-state index contributed by atoms with van der Waals surface area (Å²) in [6.45, 7) is 4.26. The van der Waals surface area contributed by atoms with E-state index in [0.29, 0.717) is 5.78 Å². The first-order valence-electron chi connectivity index (χ1n) is 5.86. The zero-order valence-electron chi connectivity index (χ0n) is 9.55. The Morgan fingerprint density at radius 1 is 1.40 bits per heavy atom. The fraction of sp³-hybridized carbons (Fsp3) is 0.500. The lowest BCUT2D eigenvalue weighted by molar-refractivity contribution is 0.0929. The maximum absolute atomic E-state index is 12.0. The molecule has 0 heterocycles. The SMILES string of the molecule is CCCCC1Cc2cc(C)ccc2C1=O. The third-order valence-electron chi connectivity index (χ3n) is 3.27. The molecule has 2 rings (SSSR count). The van der Waals surface area contributed by atoms with E-state index in [4.69, 9.17) is 0 Å². The second kappa shape index (κ2) is 4.18. The van der Waals surface area contributed by atoms with Crippen LogP contribution in [0.3, 0.4) is 0 Å². The number of benzene rings is 1. The predicted molar refractivity (Wildman–Crippen MR) is 62.2 cm³/mol. The van der Waals surface area contributed by atoms with E-state index in [0.717, 1.165) is 18.4 Å². The molecule has 0 bridgehead atoms. The van der Waals surface area contributed by atoms with Gasteiger partial charge in [0, 0.05) is 11.5 Å². The minimum atomic E-state index is 0.266. The first kappa shape index (κ1) is 10.4. The first-order chi connectivity index (χ1) is 7.22. The largest absolute Gasteiger partial charge is 0.294 e. The minimum absolute atomic E-state index is 0.266. The van der Waals surface area contributed by atoms with Gasteiger partial charge in [-0.05, 0) is 25.3 Å². The number of carbonyl (C=O) groups is 1. The number of hydrogen-bond acceptors (Lipinski definition) is 1. The van der Waals surface area contributed by atoms with Gasteiger partial charge >= 0.3 is 0 Å². The van der Waals surface area contributed by atoms with Crippen molar-refractivity contribution in [3.05, 3.63) is 34.9 Å². The summed E-state index contributed by atoms with van der Waals surface area (Å²) in [5, 5.41) is 0. The molecule has 15 heavy (non-hydrogen) atoms. The zero-order valence-corrected chi connectivity index (χ0v) is 9.55. The van der Waals surface area contributed by atoms with Gasteiger partial charge in [-0.25, -0.2) is 0 Å². The van der Waals surface area contributed by atoms with Crippen LogP contribution in [0, 0.1) is 12.8 Å². The summed E-state index contributed by atoms with van der Waals surface area (Å²) in [5.41, 5.74) is 3.50. The van der Waals surface area contributed by atoms with Crippen molar-refractivity contribution in [1.82, 2.24) is 0 Å². The monoisotopic (exact) mass is 202 g/mol. The van der Waals surface area contributed by atoms with Crippen molar-refractivity contribution in [3.8, 4) is 0 Å². The van der Waals surface area contributed by atoms with E-state index in [1.165, 1.54) is 24.0 Å². The molecule has 1 heteroatoms. The van der Waals surface area contributed by atoms with E-state index in [-0.39, 0.29) is 5.92 Å². The highest BCUT2D eigenvalue weighted by atomic mass is 16.1. The van der Waals surface area contributed by atoms with Gasteiger partial charge in [-0.1, -0.05) is 43.5 Å². The zero-order chi connectivity index (χ0) is 10.8. The number of Topliss-reactive ketones (excluding diaryl/α,β-unsaturated/α-hetero) is 1. The normalized spacial score (nSPS) is 19.3. The predicted octanol–water partition coefficient (Wildman–Crippen LogP) is 3.54. The number of unbranched alkanes of at least 4 members (excludes halogenated alkanes) is 1. The molecule has 80 valence electrons. The van der Waals surface area contributed by atoms with Crippen LogP contribution in [-0.4, -0.2) is 5.78 Å². The highest BCUT2D eigenvalue weighted by Crippen LogP contribution is 2.30. The minimum Gasteiger partial charge on any atom is -0.294 e. The molecule has 0 aliphatic heterocycles. The molecule has 0 saturated heterocycles. The van der Waals surface area contributed by atoms with Crippen LogP contribution in [0.2, 0.25) is 0 Å². The van der Waals surface area contributed by atoms with Crippen LogP contribution >= 0.6 is 0 Å². The van der Waals surface area contributed by atoms with Crippen LogP contribution in [0.4, 0.5) is 0 Å². The highest BCUT2D eigenvalue weighted by molar-refractivity contribution is 6.02. The Kier molecular flexibility index (Phi) is 2.90. The molecule has 1 aliphatic carbocycles. The van der Waals surface area contributed by atoms with Gasteiger partial charge in [0.2, 0.25) is 0 Å². The Morgan fingerprint density at radius 3 is 2.93 bits per heavy atom. The van der Waals surface area contributed by atoms with Crippen molar-refractivity contribution in [1.29, 1.82) is 0 Å². The molecule has 0 fully saturated rings. The Labute approximate surface area is 91.5 Å². The summed E-state index contributed by atoms with van der Waals surface area (Å²) in [6.07, 6.45) is 4.38. The van der Waals surface area contributed by atoms with E-state index in [9.17, 15) is 4.79 Å². The maximum atomic E-state index is 12.0. The van der Waals surface area contributed by atoms with Gasteiger partial charge < -0.3 is 0 Å². The highest BCUT2D eigenvalue weighted by Gasteiger charge is 2.29. The number of carbonyl (C=O) groups excluding carboxylic acids is 1. The summed E-state index contributed by atoms with van der Waals surface area (Å²) in [5.74, 6) is 0.639. The third kappa shape index (κ3) is 1.97. The Morgan fingerprint density at radius 2 is 2.20 bits per heavy atom. The van der Waals surface area contributed by atoms with Crippen LogP contribution in [-0.2, 0) is 6.42 Å². The third-order valence-corrected chi connectivity index (χ3v) is 3.27. The summed E-state index contributed by atoms with van der Waals surface area (Å²) >= 11 is 0. The van der Waals surface area contributed by atoms with Crippen LogP contribution in [0.15, 0.2) is 18.2 Å². The molecular weight excluding hydrogens is 184 g/mol. The fourth-order valence-corrected chi connectivity index (χ4v) is 2.39. The molecule has 0 N–H and O–H groups in total. The lowest BCUT2D eigenvalue weighted by atomic mass is 9.98. The Hall–Kier alpha value is -1.11. The summed E-state index contributed by atoms with van der Waals surface area (Å²) in [4.78, 5) is 12.0. The molecule has 0 aromatic heterocycles. The number of rotatable bonds is 3. The lowest BCUT2D eigenvalue weighted by Crippen LogP contribution is -2.08.